The van der Waals surface area contributed by atoms with Crippen molar-refractivity contribution in [2.75, 3.05) is 11.5 Å². The number of hydrogen-bond donors (Lipinski definition) is 0. The van der Waals surface area contributed by atoms with E-state index in [1.165, 1.54) is 18.2 Å². The molecule has 19 heavy (non-hydrogen) atoms. The van der Waals surface area contributed by atoms with Gasteiger partial charge >= 0.3 is 0 Å². The molecule has 1 aromatic rings. The molecular formula is C10H11NO6S2. The molecule has 1 saturated heterocycles. The second kappa shape index (κ2) is 4.57. The third-order valence-electron chi connectivity index (χ3n) is 2.90. The molecule has 0 spiro atoms. The van der Waals surface area contributed by atoms with Gasteiger partial charge in [0.15, 0.2) is 24.3 Å². The van der Waals surface area contributed by atoms with Crippen LogP contribution in [-0.4, -0.2) is 33.3 Å². The minimum absolute atomic E-state index is 0.0296. The standard InChI is InChI=1S/C10H11NO6S2/c12-11(13)9-5-2-1-4-8(9)10-18(14,15)6-3-7-19(10,16)17/h1-2,4-5,10H,3,6-7H2. The first-order chi connectivity index (χ1) is 8.76. The summed E-state index contributed by atoms with van der Waals surface area (Å²) < 4.78 is 46.1. The number of para-hydroxylation sites is 1. The van der Waals surface area contributed by atoms with Gasteiger partial charge in [0.2, 0.25) is 0 Å². The summed E-state index contributed by atoms with van der Waals surface area (Å²) in [6.45, 7) is 0. The Morgan fingerprint density at radius 2 is 1.58 bits per heavy atom. The van der Waals surface area contributed by atoms with E-state index in [-0.39, 0.29) is 23.5 Å². The van der Waals surface area contributed by atoms with Crippen LogP contribution in [-0.2, 0) is 19.7 Å². The zero-order valence-electron chi connectivity index (χ0n) is 9.72. The van der Waals surface area contributed by atoms with Crippen molar-refractivity contribution in [3.05, 3.63) is 39.9 Å². The first-order valence-corrected chi connectivity index (χ1v) is 8.85. The summed E-state index contributed by atoms with van der Waals surface area (Å²) >= 11 is 0. The normalized spacial score (nSPS) is 21.9. The highest BCUT2D eigenvalue weighted by molar-refractivity contribution is 8.09. The molecule has 0 saturated carbocycles. The molecular weight excluding hydrogens is 294 g/mol. The van der Waals surface area contributed by atoms with E-state index in [0.29, 0.717) is 0 Å². The minimum Gasteiger partial charge on any atom is -0.258 e. The SMILES string of the molecule is O=[N+]([O-])c1ccccc1C1S(=O)(=O)CCCS1(=O)=O. The molecule has 1 fully saturated rings. The van der Waals surface area contributed by atoms with Gasteiger partial charge in [0, 0.05) is 6.07 Å². The van der Waals surface area contributed by atoms with E-state index in [1.54, 1.807) is 0 Å². The van der Waals surface area contributed by atoms with Gasteiger partial charge in [0.05, 0.1) is 22.0 Å². The number of nitro benzene ring substituents is 1. The molecule has 7 nitrogen and oxygen atoms in total. The fraction of sp³-hybridized carbons (Fsp3) is 0.400. The van der Waals surface area contributed by atoms with Crippen LogP contribution < -0.4 is 0 Å². The molecule has 0 aromatic heterocycles. The topological polar surface area (TPSA) is 111 Å². The average Bonchev–Trinajstić information content (AvgIpc) is 2.26. The van der Waals surface area contributed by atoms with Crippen LogP contribution in [0.1, 0.15) is 16.6 Å². The molecule has 0 atom stereocenters. The van der Waals surface area contributed by atoms with Gasteiger partial charge in [-0.25, -0.2) is 16.8 Å². The van der Waals surface area contributed by atoms with Crippen LogP contribution in [0.4, 0.5) is 5.69 Å². The lowest BCUT2D eigenvalue weighted by Crippen LogP contribution is -2.33. The van der Waals surface area contributed by atoms with Gasteiger partial charge in [-0.05, 0) is 12.5 Å². The summed E-state index contributed by atoms with van der Waals surface area (Å²) in [7, 11) is -7.87. The summed E-state index contributed by atoms with van der Waals surface area (Å²) in [5.74, 6) is -0.550. The van der Waals surface area contributed by atoms with Gasteiger partial charge in [0.1, 0.15) is 0 Å². The molecule has 1 aliphatic heterocycles. The molecule has 2 rings (SSSR count). The van der Waals surface area contributed by atoms with Crippen LogP contribution in [0.3, 0.4) is 0 Å². The Labute approximate surface area is 110 Å². The Kier molecular flexibility index (Phi) is 3.35. The van der Waals surface area contributed by atoms with E-state index < -0.39 is 34.9 Å². The second-order valence-corrected chi connectivity index (χ2v) is 8.94. The third-order valence-corrected chi connectivity index (χ3v) is 8.18. The van der Waals surface area contributed by atoms with Gasteiger partial charge < -0.3 is 0 Å². The van der Waals surface area contributed by atoms with Gasteiger partial charge in [-0.2, -0.15) is 0 Å². The predicted molar refractivity (Wildman–Crippen MR) is 68.0 cm³/mol. The molecule has 0 amide bonds. The number of sulfone groups is 2. The monoisotopic (exact) mass is 305 g/mol. The fourth-order valence-corrected chi connectivity index (χ4v) is 7.38. The number of benzene rings is 1. The molecule has 1 aliphatic rings. The molecule has 1 heterocycles. The Balaban J connectivity index is 2.71. The van der Waals surface area contributed by atoms with Gasteiger partial charge in [-0.15, -0.1) is 0 Å². The zero-order chi connectivity index (χ0) is 14.3. The lowest BCUT2D eigenvalue weighted by atomic mass is 10.2. The first kappa shape index (κ1) is 13.9. The van der Waals surface area contributed by atoms with Crippen molar-refractivity contribution in [3.63, 3.8) is 0 Å². The molecule has 0 unspecified atom stereocenters. The molecule has 0 bridgehead atoms. The van der Waals surface area contributed by atoms with Crippen LogP contribution >= 0.6 is 0 Å². The van der Waals surface area contributed by atoms with Crippen LogP contribution in [0.25, 0.3) is 0 Å². The highest BCUT2D eigenvalue weighted by Gasteiger charge is 2.45. The number of nitro groups is 1. The lowest BCUT2D eigenvalue weighted by molar-refractivity contribution is -0.385. The van der Waals surface area contributed by atoms with Gasteiger partial charge in [0.25, 0.3) is 5.69 Å². The minimum atomic E-state index is -3.93. The van der Waals surface area contributed by atoms with E-state index in [1.807, 2.05) is 0 Å². The van der Waals surface area contributed by atoms with Crippen molar-refractivity contribution < 1.29 is 21.8 Å². The maximum absolute atomic E-state index is 12.0. The number of hydrogen-bond acceptors (Lipinski definition) is 6. The fourth-order valence-electron chi connectivity index (χ4n) is 2.14. The molecule has 104 valence electrons. The van der Waals surface area contributed by atoms with E-state index in [4.69, 9.17) is 0 Å². The molecule has 0 N–H and O–H groups in total. The molecule has 0 radical (unpaired) electrons. The van der Waals surface area contributed by atoms with Gasteiger partial charge in [-0.1, -0.05) is 12.1 Å². The lowest BCUT2D eigenvalue weighted by Gasteiger charge is -2.22. The second-order valence-electron chi connectivity index (χ2n) is 4.24. The summed E-state index contributed by atoms with van der Waals surface area (Å²) in [4.78, 5) is 10.1. The van der Waals surface area contributed by atoms with Gasteiger partial charge in [-0.3, -0.25) is 10.1 Å². The zero-order valence-corrected chi connectivity index (χ0v) is 11.4. The first-order valence-electron chi connectivity index (χ1n) is 5.42. The predicted octanol–water partition coefficient (Wildman–Crippen LogP) is 0.827. The Morgan fingerprint density at radius 1 is 1.05 bits per heavy atom. The maximum atomic E-state index is 12.0. The third kappa shape index (κ3) is 2.47. The number of rotatable bonds is 2. The highest BCUT2D eigenvalue weighted by atomic mass is 32.3. The highest BCUT2D eigenvalue weighted by Crippen LogP contribution is 2.38. The Morgan fingerprint density at radius 3 is 2.11 bits per heavy atom. The summed E-state index contributed by atoms with van der Waals surface area (Å²) in [5.41, 5.74) is -0.756. The van der Waals surface area contributed by atoms with Crippen molar-refractivity contribution in [3.8, 4) is 0 Å². The van der Waals surface area contributed by atoms with Crippen LogP contribution in [0.15, 0.2) is 24.3 Å². The van der Waals surface area contributed by atoms with Crippen LogP contribution in [0.2, 0.25) is 0 Å². The smallest absolute Gasteiger partial charge is 0.258 e. The summed E-state index contributed by atoms with van der Waals surface area (Å²) in [6, 6.07) is 5.05. The van der Waals surface area contributed by atoms with Crippen molar-refractivity contribution >= 4 is 25.4 Å². The summed E-state index contributed by atoms with van der Waals surface area (Å²) in [5, 5.41) is 10.9. The average molecular weight is 305 g/mol. The van der Waals surface area contributed by atoms with Crippen molar-refractivity contribution in [1.29, 1.82) is 0 Å². The van der Waals surface area contributed by atoms with E-state index >= 15 is 0 Å². The van der Waals surface area contributed by atoms with Crippen molar-refractivity contribution in [1.82, 2.24) is 0 Å². The van der Waals surface area contributed by atoms with Crippen molar-refractivity contribution in [2.45, 2.75) is 11.0 Å². The van der Waals surface area contributed by atoms with E-state index in [2.05, 4.69) is 0 Å². The molecule has 9 heteroatoms. The van der Waals surface area contributed by atoms with E-state index in [9.17, 15) is 26.9 Å². The quantitative estimate of drug-likeness (QED) is 0.591. The Hall–Kier alpha value is -1.48. The van der Waals surface area contributed by atoms with E-state index in [0.717, 1.165) is 6.07 Å². The maximum Gasteiger partial charge on any atom is 0.274 e. The van der Waals surface area contributed by atoms with Crippen LogP contribution in [0, 0.1) is 10.1 Å². The van der Waals surface area contributed by atoms with Crippen LogP contribution in [0.5, 0.6) is 0 Å². The molecule has 0 aliphatic carbocycles. The number of nitrogens with zero attached hydrogens (tertiary/aromatic N) is 1. The molecule has 1 aromatic carbocycles. The Bertz CT molecular complexity index is 688. The largest absolute Gasteiger partial charge is 0.274 e. The van der Waals surface area contributed by atoms with Crippen molar-refractivity contribution in [2.24, 2.45) is 0 Å². The summed E-state index contributed by atoms with van der Waals surface area (Å²) in [6.07, 6.45) is 0.0296.